The maximum atomic E-state index is 11.2. The van der Waals surface area contributed by atoms with Crippen LogP contribution in [-0.2, 0) is 11.2 Å². The van der Waals surface area contributed by atoms with E-state index >= 15 is 0 Å². The van der Waals surface area contributed by atoms with Gasteiger partial charge in [0.1, 0.15) is 0 Å². The summed E-state index contributed by atoms with van der Waals surface area (Å²) in [6.45, 7) is 2.11. The summed E-state index contributed by atoms with van der Waals surface area (Å²) in [5.74, 6) is 0.600. The average molecular weight is 209 g/mol. The molecule has 0 radical (unpaired) electrons. The molecule has 1 aromatic carbocycles. The maximum absolute atomic E-state index is 11.2. The minimum Gasteiger partial charge on any atom is -0.326 e. The van der Waals surface area contributed by atoms with Gasteiger partial charge in [0, 0.05) is 12.1 Å². The number of thiol groups is 1. The molecule has 0 spiro atoms. The smallest absolute Gasteiger partial charge is 0.225 e. The van der Waals surface area contributed by atoms with E-state index in [9.17, 15) is 4.79 Å². The van der Waals surface area contributed by atoms with Crippen LogP contribution in [0.3, 0.4) is 0 Å². The van der Waals surface area contributed by atoms with Crippen LogP contribution >= 0.6 is 12.6 Å². The van der Waals surface area contributed by atoms with E-state index in [1.807, 2.05) is 24.3 Å². The van der Waals surface area contributed by atoms with Gasteiger partial charge in [-0.05, 0) is 29.9 Å². The summed E-state index contributed by atoms with van der Waals surface area (Å²) in [4.78, 5) is 11.2. The molecule has 0 saturated heterocycles. The van der Waals surface area contributed by atoms with Gasteiger partial charge in [0.2, 0.25) is 5.91 Å². The number of rotatable bonds is 4. The maximum Gasteiger partial charge on any atom is 0.225 e. The van der Waals surface area contributed by atoms with Crippen LogP contribution in [0, 0.1) is 0 Å². The van der Waals surface area contributed by atoms with Crippen LogP contribution in [0.2, 0.25) is 0 Å². The van der Waals surface area contributed by atoms with Gasteiger partial charge >= 0.3 is 0 Å². The molecule has 0 fully saturated rings. The molecule has 0 atom stereocenters. The second-order valence-corrected chi connectivity index (χ2v) is 3.52. The van der Waals surface area contributed by atoms with Crippen LogP contribution in [0.25, 0.3) is 0 Å². The number of carbonyl (C=O) groups excluding carboxylic acids is 1. The fourth-order valence-electron chi connectivity index (χ4n) is 1.15. The van der Waals surface area contributed by atoms with Gasteiger partial charge in [-0.2, -0.15) is 12.6 Å². The van der Waals surface area contributed by atoms with Crippen LogP contribution in [-0.4, -0.2) is 11.7 Å². The van der Waals surface area contributed by atoms with Crippen LogP contribution in [0.15, 0.2) is 24.3 Å². The Morgan fingerprint density at radius 3 is 2.50 bits per heavy atom. The molecule has 1 amide bonds. The molecule has 3 heteroatoms. The number of hydrogen-bond acceptors (Lipinski definition) is 2. The third kappa shape index (κ3) is 3.42. The van der Waals surface area contributed by atoms with Gasteiger partial charge in [-0.15, -0.1) is 0 Å². The predicted octanol–water partition coefficient (Wildman–Crippen LogP) is 2.51. The standard InChI is InChI=1S/C11H15NOS/c1-2-9-3-5-10(6-4-9)12-11(13)7-8-14/h3-6,14H,2,7-8H2,1H3,(H,12,13). The van der Waals surface area contributed by atoms with Crippen LogP contribution < -0.4 is 5.32 Å². The van der Waals surface area contributed by atoms with Gasteiger partial charge < -0.3 is 5.32 Å². The Morgan fingerprint density at radius 2 is 2.00 bits per heavy atom. The first-order valence-electron chi connectivity index (χ1n) is 4.76. The summed E-state index contributed by atoms with van der Waals surface area (Å²) >= 11 is 4.00. The molecule has 0 bridgehead atoms. The summed E-state index contributed by atoms with van der Waals surface area (Å²) in [5, 5.41) is 2.81. The van der Waals surface area contributed by atoms with Crippen molar-refractivity contribution in [3.63, 3.8) is 0 Å². The summed E-state index contributed by atoms with van der Waals surface area (Å²) in [5.41, 5.74) is 2.13. The predicted molar refractivity (Wildman–Crippen MR) is 62.9 cm³/mol. The highest BCUT2D eigenvalue weighted by Gasteiger charge is 1.99. The molecular weight excluding hydrogens is 194 g/mol. The van der Waals surface area contributed by atoms with Crippen molar-refractivity contribution in [2.45, 2.75) is 19.8 Å². The molecule has 0 saturated carbocycles. The minimum absolute atomic E-state index is 0.0178. The normalized spacial score (nSPS) is 9.86. The van der Waals surface area contributed by atoms with E-state index in [1.54, 1.807) is 0 Å². The zero-order valence-corrected chi connectivity index (χ0v) is 9.18. The Bertz CT molecular complexity index is 295. The highest BCUT2D eigenvalue weighted by atomic mass is 32.1. The lowest BCUT2D eigenvalue weighted by Crippen LogP contribution is -2.11. The molecule has 0 aliphatic heterocycles. The molecule has 2 nitrogen and oxygen atoms in total. The zero-order valence-electron chi connectivity index (χ0n) is 8.29. The lowest BCUT2D eigenvalue weighted by Gasteiger charge is -2.04. The fraction of sp³-hybridized carbons (Fsp3) is 0.364. The number of benzene rings is 1. The molecule has 0 aliphatic carbocycles. The van der Waals surface area contributed by atoms with Gasteiger partial charge in [-0.1, -0.05) is 19.1 Å². The minimum atomic E-state index is 0.0178. The third-order valence-electron chi connectivity index (χ3n) is 1.98. The van der Waals surface area contributed by atoms with E-state index in [0.29, 0.717) is 12.2 Å². The first kappa shape index (κ1) is 11.1. The monoisotopic (exact) mass is 209 g/mol. The molecule has 1 N–H and O–H groups in total. The summed E-state index contributed by atoms with van der Waals surface area (Å²) in [6, 6.07) is 7.90. The number of carbonyl (C=O) groups is 1. The van der Waals surface area contributed by atoms with Gasteiger partial charge in [0.05, 0.1) is 0 Å². The van der Waals surface area contributed by atoms with Crippen molar-refractivity contribution >= 4 is 24.2 Å². The first-order valence-corrected chi connectivity index (χ1v) is 5.39. The number of aryl methyl sites for hydroxylation is 1. The molecule has 0 heterocycles. The second kappa shape index (κ2) is 5.70. The van der Waals surface area contributed by atoms with Gasteiger partial charge in [-0.25, -0.2) is 0 Å². The quantitative estimate of drug-likeness (QED) is 0.733. The Hall–Kier alpha value is -0.960. The lowest BCUT2D eigenvalue weighted by molar-refractivity contribution is -0.115. The Kier molecular flexibility index (Phi) is 4.53. The highest BCUT2D eigenvalue weighted by Crippen LogP contribution is 2.10. The summed E-state index contributed by atoms with van der Waals surface area (Å²) < 4.78 is 0. The van der Waals surface area contributed by atoms with Gasteiger partial charge in [-0.3, -0.25) is 4.79 Å². The number of anilines is 1. The van der Waals surface area contributed by atoms with E-state index in [-0.39, 0.29) is 5.91 Å². The molecule has 76 valence electrons. The van der Waals surface area contributed by atoms with E-state index in [4.69, 9.17) is 0 Å². The van der Waals surface area contributed by atoms with Crippen molar-refractivity contribution in [1.82, 2.24) is 0 Å². The van der Waals surface area contributed by atoms with E-state index in [1.165, 1.54) is 5.56 Å². The highest BCUT2D eigenvalue weighted by molar-refractivity contribution is 7.80. The lowest BCUT2D eigenvalue weighted by atomic mass is 10.1. The molecule has 1 aromatic rings. The van der Waals surface area contributed by atoms with Crippen LogP contribution in [0.4, 0.5) is 5.69 Å². The van der Waals surface area contributed by atoms with Crippen molar-refractivity contribution in [2.24, 2.45) is 0 Å². The van der Waals surface area contributed by atoms with Gasteiger partial charge in [0.25, 0.3) is 0 Å². The van der Waals surface area contributed by atoms with Crippen molar-refractivity contribution in [3.8, 4) is 0 Å². The molecule has 1 rings (SSSR count). The molecule has 0 unspecified atom stereocenters. The largest absolute Gasteiger partial charge is 0.326 e. The Morgan fingerprint density at radius 1 is 1.36 bits per heavy atom. The Labute approximate surface area is 90.1 Å². The fourth-order valence-corrected chi connectivity index (χ4v) is 1.35. The molecule has 0 aromatic heterocycles. The van der Waals surface area contributed by atoms with Crippen molar-refractivity contribution in [3.05, 3.63) is 29.8 Å². The van der Waals surface area contributed by atoms with Crippen molar-refractivity contribution in [1.29, 1.82) is 0 Å². The molecule has 14 heavy (non-hydrogen) atoms. The van der Waals surface area contributed by atoms with E-state index < -0.39 is 0 Å². The van der Waals surface area contributed by atoms with Crippen LogP contribution in [0.1, 0.15) is 18.9 Å². The van der Waals surface area contributed by atoms with Crippen LogP contribution in [0.5, 0.6) is 0 Å². The number of hydrogen-bond donors (Lipinski definition) is 2. The topological polar surface area (TPSA) is 29.1 Å². The third-order valence-corrected chi connectivity index (χ3v) is 2.21. The molecule has 0 aliphatic rings. The number of amides is 1. The first-order chi connectivity index (χ1) is 6.76. The zero-order chi connectivity index (χ0) is 10.4. The SMILES string of the molecule is CCc1ccc(NC(=O)CCS)cc1. The summed E-state index contributed by atoms with van der Waals surface area (Å²) in [6.07, 6.45) is 1.48. The average Bonchev–Trinajstić information content (AvgIpc) is 2.19. The van der Waals surface area contributed by atoms with Crippen molar-refractivity contribution < 1.29 is 4.79 Å². The van der Waals surface area contributed by atoms with E-state index in [0.717, 1.165) is 12.1 Å². The van der Waals surface area contributed by atoms with Crippen molar-refractivity contribution in [2.75, 3.05) is 11.1 Å². The second-order valence-electron chi connectivity index (χ2n) is 3.07. The Balaban J connectivity index is 2.55. The van der Waals surface area contributed by atoms with E-state index in [2.05, 4.69) is 24.9 Å². The molecular formula is C11H15NOS. The van der Waals surface area contributed by atoms with Gasteiger partial charge in [0.15, 0.2) is 0 Å². The summed E-state index contributed by atoms with van der Waals surface area (Å²) in [7, 11) is 0. The number of nitrogens with one attached hydrogen (secondary N) is 1.